The maximum atomic E-state index is 11.4. The summed E-state index contributed by atoms with van der Waals surface area (Å²) in [4.78, 5) is 22.1. The molecule has 118 valence electrons. The third-order valence-electron chi connectivity index (χ3n) is 2.87. The molecule has 0 fully saturated rings. The van der Waals surface area contributed by atoms with Crippen molar-refractivity contribution in [2.75, 3.05) is 27.2 Å². The minimum Gasteiger partial charge on any atom is -0.354 e. The van der Waals surface area contributed by atoms with Gasteiger partial charge in [0.25, 0.3) is 0 Å². The van der Waals surface area contributed by atoms with Gasteiger partial charge < -0.3 is 15.5 Å². The van der Waals surface area contributed by atoms with E-state index in [0.29, 0.717) is 19.6 Å². The summed E-state index contributed by atoms with van der Waals surface area (Å²) in [5.74, 6) is 0.873. The molecule has 0 bridgehead atoms. The number of thiazole rings is 1. The van der Waals surface area contributed by atoms with Crippen LogP contribution in [0.2, 0.25) is 0 Å². The van der Waals surface area contributed by atoms with Gasteiger partial charge in [0, 0.05) is 38.5 Å². The van der Waals surface area contributed by atoms with Crippen LogP contribution in [0.15, 0.2) is 10.4 Å². The topological polar surface area (TPSA) is 69.6 Å². The number of carbonyl (C=O) groups excluding carboxylic acids is 1. The molecule has 0 aromatic carbocycles. The van der Waals surface area contributed by atoms with Gasteiger partial charge in [-0.15, -0.1) is 11.3 Å². The Morgan fingerprint density at radius 3 is 2.62 bits per heavy atom. The van der Waals surface area contributed by atoms with E-state index in [4.69, 9.17) is 0 Å². The molecule has 0 saturated carbocycles. The largest absolute Gasteiger partial charge is 0.354 e. The van der Waals surface area contributed by atoms with E-state index in [1.165, 1.54) is 0 Å². The molecular weight excluding hydrogens is 286 g/mol. The Morgan fingerprint density at radius 2 is 2.10 bits per heavy atom. The van der Waals surface area contributed by atoms with Crippen molar-refractivity contribution in [1.82, 2.24) is 20.5 Å². The smallest absolute Gasteiger partial charge is 0.222 e. The standard InChI is InChI=1S/C14H25N5OS/c1-10(2)13(20)16-6-7-17-14(15-4)19(5)8-12-9-21-11(3)18-12/h9-10H,6-8H2,1-5H3,(H,15,17)(H,16,20). The Morgan fingerprint density at radius 1 is 1.43 bits per heavy atom. The van der Waals surface area contributed by atoms with Crippen molar-refractivity contribution in [1.29, 1.82) is 0 Å². The monoisotopic (exact) mass is 311 g/mol. The molecule has 6 nitrogen and oxygen atoms in total. The summed E-state index contributed by atoms with van der Waals surface area (Å²) < 4.78 is 0. The molecule has 0 radical (unpaired) electrons. The van der Waals surface area contributed by atoms with Gasteiger partial charge in [0.05, 0.1) is 17.2 Å². The molecule has 0 aliphatic carbocycles. The van der Waals surface area contributed by atoms with Crippen LogP contribution in [-0.2, 0) is 11.3 Å². The van der Waals surface area contributed by atoms with Gasteiger partial charge in [0.15, 0.2) is 5.96 Å². The van der Waals surface area contributed by atoms with Crippen LogP contribution in [0.3, 0.4) is 0 Å². The molecule has 0 unspecified atom stereocenters. The van der Waals surface area contributed by atoms with Gasteiger partial charge in [-0.3, -0.25) is 9.79 Å². The van der Waals surface area contributed by atoms with Crippen LogP contribution in [0.25, 0.3) is 0 Å². The Balaban J connectivity index is 2.35. The van der Waals surface area contributed by atoms with E-state index in [2.05, 4.69) is 26.0 Å². The van der Waals surface area contributed by atoms with Crippen molar-refractivity contribution in [3.05, 3.63) is 16.1 Å². The minimum absolute atomic E-state index is 0.0138. The minimum atomic E-state index is 0.0138. The van der Waals surface area contributed by atoms with E-state index >= 15 is 0 Å². The Labute approximate surface area is 130 Å². The maximum Gasteiger partial charge on any atom is 0.222 e. The molecule has 1 rings (SSSR count). The lowest BCUT2D eigenvalue weighted by Crippen LogP contribution is -2.42. The lowest BCUT2D eigenvalue weighted by atomic mass is 10.2. The number of aryl methyl sites for hydroxylation is 1. The quantitative estimate of drug-likeness (QED) is 0.471. The van der Waals surface area contributed by atoms with Gasteiger partial charge in [-0.25, -0.2) is 4.98 Å². The summed E-state index contributed by atoms with van der Waals surface area (Å²) in [6.45, 7) is 7.70. The molecule has 0 saturated heterocycles. The Bertz CT molecular complexity index is 483. The van der Waals surface area contributed by atoms with E-state index in [9.17, 15) is 4.79 Å². The summed E-state index contributed by atoms with van der Waals surface area (Å²) in [5, 5.41) is 9.22. The lowest BCUT2D eigenvalue weighted by Gasteiger charge is -2.21. The highest BCUT2D eigenvalue weighted by Gasteiger charge is 2.09. The molecule has 0 spiro atoms. The number of guanidine groups is 1. The van der Waals surface area contributed by atoms with Gasteiger partial charge >= 0.3 is 0 Å². The Kier molecular flexibility index (Phi) is 7.14. The van der Waals surface area contributed by atoms with Crippen LogP contribution in [0.1, 0.15) is 24.5 Å². The number of nitrogens with one attached hydrogen (secondary N) is 2. The number of amides is 1. The summed E-state index contributed by atoms with van der Waals surface area (Å²) in [7, 11) is 3.72. The molecule has 7 heteroatoms. The van der Waals surface area contributed by atoms with Crippen molar-refractivity contribution in [2.45, 2.75) is 27.3 Å². The highest BCUT2D eigenvalue weighted by Crippen LogP contribution is 2.09. The van der Waals surface area contributed by atoms with Crippen molar-refractivity contribution in [3.63, 3.8) is 0 Å². The zero-order valence-electron chi connectivity index (χ0n) is 13.4. The molecule has 0 atom stereocenters. The molecule has 0 aliphatic rings. The van der Waals surface area contributed by atoms with Crippen LogP contribution in [-0.4, -0.2) is 48.9 Å². The number of nitrogens with zero attached hydrogens (tertiary/aromatic N) is 3. The number of aromatic nitrogens is 1. The second-order valence-electron chi connectivity index (χ2n) is 5.13. The fourth-order valence-corrected chi connectivity index (χ4v) is 2.35. The summed E-state index contributed by atoms with van der Waals surface area (Å²) in [6.07, 6.45) is 0. The van der Waals surface area contributed by atoms with Crippen LogP contribution in [0.5, 0.6) is 0 Å². The van der Waals surface area contributed by atoms with Crippen molar-refractivity contribution in [2.24, 2.45) is 10.9 Å². The van der Waals surface area contributed by atoms with Crippen LogP contribution in [0, 0.1) is 12.8 Å². The van der Waals surface area contributed by atoms with Gasteiger partial charge in [0.1, 0.15) is 0 Å². The SMILES string of the molecule is CN=C(NCCNC(=O)C(C)C)N(C)Cc1csc(C)n1. The van der Waals surface area contributed by atoms with E-state index in [-0.39, 0.29) is 11.8 Å². The second kappa shape index (κ2) is 8.61. The third-order valence-corrected chi connectivity index (χ3v) is 3.69. The molecular formula is C14H25N5OS. The first-order valence-corrected chi connectivity index (χ1v) is 7.92. The Hall–Kier alpha value is -1.63. The molecule has 1 aromatic rings. The summed E-state index contributed by atoms with van der Waals surface area (Å²) in [5.41, 5.74) is 1.04. The highest BCUT2D eigenvalue weighted by atomic mass is 32.1. The number of aliphatic imine (C=N–C) groups is 1. The first kappa shape index (κ1) is 17.4. The molecule has 1 aromatic heterocycles. The zero-order chi connectivity index (χ0) is 15.8. The predicted octanol–water partition coefficient (Wildman–Crippen LogP) is 1.23. The van der Waals surface area contributed by atoms with Crippen LogP contribution in [0.4, 0.5) is 0 Å². The average Bonchev–Trinajstić information content (AvgIpc) is 2.83. The first-order chi connectivity index (χ1) is 9.93. The van der Waals surface area contributed by atoms with Gasteiger partial charge in [-0.2, -0.15) is 0 Å². The number of carbonyl (C=O) groups is 1. The molecule has 1 heterocycles. The number of hydrogen-bond acceptors (Lipinski definition) is 4. The fraction of sp³-hybridized carbons (Fsp3) is 0.643. The molecule has 1 amide bonds. The number of rotatable bonds is 6. The third kappa shape index (κ3) is 6.12. The lowest BCUT2D eigenvalue weighted by molar-refractivity contribution is -0.123. The predicted molar refractivity (Wildman–Crippen MR) is 87.5 cm³/mol. The van der Waals surface area contributed by atoms with Crippen LogP contribution < -0.4 is 10.6 Å². The van der Waals surface area contributed by atoms with Gasteiger partial charge in [-0.05, 0) is 6.92 Å². The molecule has 2 N–H and O–H groups in total. The van der Waals surface area contributed by atoms with Gasteiger partial charge in [-0.1, -0.05) is 13.8 Å². The van der Waals surface area contributed by atoms with Gasteiger partial charge in [0.2, 0.25) is 5.91 Å². The van der Waals surface area contributed by atoms with E-state index in [1.54, 1.807) is 18.4 Å². The zero-order valence-corrected chi connectivity index (χ0v) is 14.3. The number of hydrogen-bond donors (Lipinski definition) is 2. The molecule has 21 heavy (non-hydrogen) atoms. The highest BCUT2D eigenvalue weighted by molar-refractivity contribution is 7.09. The van der Waals surface area contributed by atoms with E-state index < -0.39 is 0 Å². The second-order valence-corrected chi connectivity index (χ2v) is 6.20. The van der Waals surface area contributed by atoms with Crippen molar-refractivity contribution >= 4 is 23.2 Å². The average molecular weight is 311 g/mol. The summed E-state index contributed by atoms with van der Waals surface area (Å²) in [6, 6.07) is 0. The van der Waals surface area contributed by atoms with Crippen molar-refractivity contribution in [3.8, 4) is 0 Å². The first-order valence-electron chi connectivity index (χ1n) is 7.04. The van der Waals surface area contributed by atoms with E-state index in [0.717, 1.165) is 16.7 Å². The van der Waals surface area contributed by atoms with Crippen LogP contribution >= 0.6 is 11.3 Å². The molecule has 0 aliphatic heterocycles. The van der Waals surface area contributed by atoms with E-state index in [1.807, 2.05) is 32.7 Å². The normalized spacial score (nSPS) is 11.6. The maximum absolute atomic E-state index is 11.4. The van der Waals surface area contributed by atoms with Crippen molar-refractivity contribution < 1.29 is 4.79 Å². The summed E-state index contributed by atoms with van der Waals surface area (Å²) >= 11 is 1.65. The fourth-order valence-electron chi connectivity index (χ4n) is 1.75.